The number of hydrogen-bond acceptors (Lipinski definition) is 3. The maximum atomic E-state index is 12.3. The summed E-state index contributed by atoms with van der Waals surface area (Å²) in [4.78, 5) is 25.1. The van der Waals surface area contributed by atoms with Crippen LogP contribution in [0.5, 0.6) is 0 Å². The van der Waals surface area contributed by atoms with Gasteiger partial charge in [0.2, 0.25) is 5.91 Å². The van der Waals surface area contributed by atoms with Gasteiger partial charge >= 0.3 is 5.97 Å². The first-order valence-electron chi connectivity index (χ1n) is 6.41. The van der Waals surface area contributed by atoms with Crippen molar-refractivity contribution in [3.63, 3.8) is 0 Å². The number of carboxylic acid groups (broad SMARTS) is 1. The fraction of sp³-hybridized carbons (Fsp3) is 0.429. The van der Waals surface area contributed by atoms with Crippen molar-refractivity contribution < 1.29 is 14.7 Å². The van der Waals surface area contributed by atoms with Gasteiger partial charge in [-0.05, 0) is 18.4 Å². The number of hydrogen-bond donors (Lipinski definition) is 1. The third kappa shape index (κ3) is 2.47. The minimum atomic E-state index is -0.907. The lowest BCUT2D eigenvalue weighted by atomic mass is 10.2. The molecule has 2 aliphatic rings. The van der Waals surface area contributed by atoms with Crippen LogP contribution in [-0.4, -0.2) is 33.2 Å². The second-order valence-corrected chi connectivity index (χ2v) is 6.25. The molecule has 4 nitrogen and oxygen atoms in total. The Kier molecular flexibility index (Phi) is 3.22. The van der Waals surface area contributed by atoms with Gasteiger partial charge in [0.1, 0.15) is 5.37 Å². The standard InChI is InChI=1S/C14H15NO3S/c16-12(17)8-11-13(18)15(10-6-7-10)14(19-11)9-4-2-1-3-5-9/h1-5,10-11,14H,6-8H2,(H,16,17). The van der Waals surface area contributed by atoms with E-state index in [1.165, 1.54) is 11.8 Å². The molecular weight excluding hydrogens is 262 g/mol. The van der Waals surface area contributed by atoms with E-state index in [0.29, 0.717) is 6.04 Å². The number of aliphatic carboxylic acids is 1. The molecule has 0 bridgehead atoms. The molecular formula is C14H15NO3S. The Balaban J connectivity index is 1.86. The van der Waals surface area contributed by atoms with Crippen LogP contribution < -0.4 is 0 Å². The lowest BCUT2D eigenvalue weighted by Gasteiger charge is -2.23. The van der Waals surface area contributed by atoms with Gasteiger partial charge in [0.15, 0.2) is 0 Å². The van der Waals surface area contributed by atoms with Crippen LogP contribution >= 0.6 is 11.8 Å². The van der Waals surface area contributed by atoms with E-state index in [4.69, 9.17) is 5.11 Å². The highest BCUT2D eigenvalue weighted by Crippen LogP contribution is 2.49. The van der Waals surface area contributed by atoms with E-state index >= 15 is 0 Å². The first-order chi connectivity index (χ1) is 9.16. The lowest BCUT2D eigenvalue weighted by Crippen LogP contribution is -2.33. The van der Waals surface area contributed by atoms with Crippen molar-refractivity contribution in [3.05, 3.63) is 35.9 Å². The van der Waals surface area contributed by atoms with Crippen molar-refractivity contribution in [2.75, 3.05) is 0 Å². The van der Waals surface area contributed by atoms with Gasteiger partial charge in [-0.25, -0.2) is 0 Å². The Morgan fingerprint density at radius 3 is 2.58 bits per heavy atom. The van der Waals surface area contributed by atoms with Crippen LogP contribution in [0.15, 0.2) is 30.3 Å². The maximum absolute atomic E-state index is 12.3. The molecule has 19 heavy (non-hydrogen) atoms. The molecule has 2 atom stereocenters. The summed E-state index contributed by atoms with van der Waals surface area (Å²) in [5, 5.41) is 8.44. The second-order valence-electron chi connectivity index (χ2n) is 4.96. The van der Waals surface area contributed by atoms with E-state index in [-0.39, 0.29) is 17.7 Å². The zero-order chi connectivity index (χ0) is 13.4. The molecule has 1 aromatic rings. The van der Waals surface area contributed by atoms with Crippen molar-refractivity contribution in [1.29, 1.82) is 0 Å². The van der Waals surface area contributed by atoms with Gasteiger partial charge in [-0.2, -0.15) is 0 Å². The summed E-state index contributed by atoms with van der Waals surface area (Å²) in [6, 6.07) is 10.2. The third-order valence-corrected chi connectivity index (χ3v) is 4.91. The number of carboxylic acids is 1. The van der Waals surface area contributed by atoms with E-state index in [1.54, 1.807) is 0 Å². The van der Waals surface area contributed by atoms with Crippen molar-refractivity contribution in [2.24, 2.45) is 0 Å². The lowest BCUT2D eigenvalue weighted by molar-refractivity contribution is -0.140. The molecule has 1 saturated heterocycles. The van der Waals surface area contributed by atoms with Crippen molar-refractivity contribution in [3.8, 4) is 0 Å². The Bertz CT molecular complexity index is 501. The summed E-state index contributed by atoms with van der Waals surface area (Å²) in [6.07, 6.45) is 1.99. The SMILES string of the molecule is O=C(O)CC1SC(c2ccccc2)N(C2CC2)C1=O. The van der Waals surface area contributed by atoms with E-state index in [0.717, 1.165) is 18.4 Å². The molecule has 2 fully saturated rings. The number of benzene rings is 1. The molecule has 1 aromatic carbocycles. The predicted octanol–water partition coefficient (Wildman–Crippen LogP) is 2.27. The minimum Gasteiger partial charge on any atom is -0.481 e. The topological polar surface area (TPSA) is 57.6 Å². The van der Waals surface area contributed by atoms with Crippen molar-refractivity contribution >= 4 is 23.6 Å². The summed E-state index contributed by atoms with van der Waals surface area (Å²) in [6.45, 7) is 0. The molecule has 1 aliphatic heterocycles. The van der Waals surface area contributed by atoms with Crippen LogP contribution in [0.1, 0.15) is 30.2 Å². The van der Waals surface area contributed by atoms with Crippen LogP contribution in [-0.2, 0) is 9.59 Å². The maximum Gasteiger partial charge on any atom is 0.305 e. The van der Waals surface area contributed by atoms with Crippen LogP contribution in [0.4, 0.5) is 0 Å². The molecule has 1 saturated carbocycles. The van der Waals surface area contributed by atoms with Gasteiger partial charge in [0.25, 0.3) is 0 Å². The number of carbonyl (C=O) groups is 2. The summed E-state index contributed by atoms with van der Waals surface area (Å²) in [5.41, 5.74) is 1.08. The number of amides is 1. The van der Waals surface area contributed by atoms with Gasteiger partial charge < -0.3 is 10.0 Å². The fourth-order valence-electron chi connectivity index (χ4n) is 2.44. The van der Waals surface area contributed by atoms with Crippen molar-refractivity contribution in [1.82, 2.24) is 4.90 Å². The molecule has 100 valence electrons. The highest BCUT2D eigenvalue weighted by molar-refractivity contribution is 8.01. The van der Waals surface area contributed by atoms with Gasteiger partial charge in [0.05, 0.1) is 11.7 Å². The van der Waals surface area contributed by atoms with E-state index < -0.39 is 11.2 Å². The Morgan fingerprint density at radius 1 is 1.32 bits per heavy atom. The Morgan fingerprint density at radius 2 is 2.00 bits per heavy atom. The summed E-state index contributed by atoms with van der Waals surface area (Å²) in [5.74, 6) is -0.918. The molecule has 0 spiro atoms. The quantitative estimate of drug-likeness (QED) is 0.917. The Labute approximate surface area is 115 Å². The largest absolute Gasteiger partial charge is 0.481 e. The summed E-state index contributed by atoms with van der Waals surface area (Å²) in [7, 11) is 0. The molecule has 2 unspecified atom stereocenters. The highest BCUT2D eigenvalue weighted by Gasteiger charge is 2.47. The zero-order valence-corrected chi connectivity index (χ0v) is 11.2. The van der Waals surface area contributed by atoms with Gasteiger partial charge in [-0.1, -0.05) is 30.3 Å². The monoisotopic (exact) mass is 277 g/mol. The highest BCUT2D eigenvalue weighted by atomic mass is 32.2. The molecule has 1 amide bonds. The molecule has 3 rings (SSSR count). The van der Waals surface area contributed by atoms with Crippen molar-refractivity contribution in [2.45, 2.75) is 35.9 Å². The molecule has 1 N–H and O–H groups in total. The van der Waals surface area contributed by atoms with Crippen LogP contribution in [0.25, 0.3) is 0 Å². The molecule has 1 heterocycles. The number of rotatable bonds is 4. The van der Waals surface area contributed by atoms with Crippen LogP contribution in [0, 0.1) is 0 Å². The van der Waals surface area contributed by atoms with E-state index in [1.807, 2.05) is 35.2 Å². The van der Waals surface area contributed by atoms with Crippen LogP contribution in [0.3, 0.4) is 0 Å². The molecule has 5 heteroatoms. The molecule has 0 radical (unpaired) electrons. The zero-order valence-electron chi connectivity index (χ0n) is 10.4. The van der Waals surface area contributed by atoms with Gasteiger partial charge in [-0.3, -0.25) is 9.59 Å². The van der Waals surface area contributed by atoms with Gasteiger partial charge in [-0.15, -0.1) is 11.8 Å². The van der Waals surface area contributed by atoms with E-state index in [2.05, 4.69) is 0 Å². The molecule has 0 aromatic heterocycles. The molecule has 1 aliphatic carbocycles. The first kappa shape index (κ1) is 12.5. The summed E-state index contributed by atoms with van der Waals surface area (Å²) < 4.78 is 0. The smallest absolute Gasteiger partial charge is 0.305 e. The summed E-state index contributed by atoms with van der Waals surface area (Å²) >= 11 is 1.47. The third-order valence-electron chi connectivity index (χ3n) is 3.46. The number of carbonyl (C=O) groups excluding carboxylic acids is 1. The normalized spacial score (nSPS) is 26.7. The average Bonchev–Trinajstić information content (AvgIpc) is 3.17. The second kappa shape index (κ2) is 4.89. The van der Waals surface area contributed by atoms with E-state index in [9.17, 15) is 9.59 Å². The van der Waals surface area contributed by atoms with Gasteiger partial charge in [0, 0.05) is 6.04 Å². The average molecular weight is 277 g/mol. The number of nitrogens with zero attached hydrogens (tertiary/aromatic N) is 1. The first-order valence-corrected chi connectivity index (χ1v) is 7.35. The number of thioether (sulfide) groups is 1. The minimum absolute atomic E-state index is 0.0104. The Hall–Kier alpha value is -1.49. The fourth-order valence-corrected chi connectivity index (χ4v) is 3.95. The van der Waals surface area contributed by atoms with Crippen LogP contribution in [0.2, 0.25) is 0 Å². The predicted molar refractivity (Wildman–Crippen MR) is 72.7 cm³/mol.